The van der Waals surface area contributed by atoms with E-state index < -0.39 is 0 Å². The van der Waals surface area contributed by atoms with Crippen molar-refractivity contribution in [2.75, 3.05) is 64.4 Å². The maximum atomic E-state index is 12.5. The van der Waals surface area contributed by atoms with Gasteiger partial charge in [0.15, 0.2) is 0 Å². The number of piperidine rings is 1. The number of hydrogen-bond acceptors (Lipinski definition) is 8. The van der Waals surface area contributed by atoms with Crippen LogP contribution in [-0.4, -0.2) is 86.1 Å². The summed E-state index contributed by atoms with van der Waals surface area (Å²) in [4.78, 5) is 28.8. The molecule has 2 unspecified atom stereocenters. The fourth-order valence-corrected chi connectivity index (χ4v) is 4.53. The molecule has 1 aliphatic rings. The van der Waals surface area contributed by atoms with Crippen LogP contribution in [0.4, 0.5) is 0 Å². The standard InChI is InChI=1S/C22H34ClN3O3S2.O.Tc/c1-29-22(28)20-15-25(11-7-19(20)17-3-5-18(23)6-4-17)9-2-10-26(12-14-31)16-21(27)24-8-13-30;;/h3-6,19-20H,2,7-16H2,1H3,(H3,24,27,30,31);;/q;;+4/p-3. The monoisotopic (exact) mass is 597 g/mol. The summed E-state index contributed by atoms with van der Waals surface area (Å²) in [5.74, 6) is 0.642. The summed E-state index contributed by atoms with van der Waals surface area (Å²) in [7, 11) is 1.45. The van der Waals surface area contributed by atoms with Crippen LogP contribution in [-0.2, 0) is 61.9 Å². The van der Waals surface area contributed by atoms with Gasteiger partial charge in [0, 0.05) is 18.1 Å². The molecule has 0 N–H and O–H groups in total. The van der Waals surface area contributed by atoms with Crippen LogP contribution in [0.15, 0.2) is 24.3 Å². The number of esters is 1. The molecule has 0 radical (unpaired) electrons. The third-order valence-electron chi connectivity index (χ3n) is 5.59. The Hall–Kier alpha value is -0.481. The second-order valence-corrected chi connectivity index (χ2v) is 8.94. The number of benzene rings is 1. The molecule has 1 amide bonds. The molecule has 0 bridgehead atoms. The Morgan fingerprint density at radius 1 is 1.21 bits per heavy atom. The zero-order chi connectivity index (χ0) is 24.6. The average molecular weight is 599 g/mol. The molecule has 0 saturated carbocycles. The van der Waals surface area contributed by atoms with Gasteiger partial charge in [-0.3, -0.25) is 9.69 Å². The molecular formula is C22H31ClN3O4S2Tc+. The molecule has 2 atom stereocenters. The Bertz CT molecular complexity index is 717. The molecule has 2 rings (SSSR count). The number of likely N-dealkylation sites (tertiary alicyclic amines) is 1. The predicted molar refractivity (Wildman–Crippen MR) is 130 cm³/mol. The number of methoxy groups -OCH3 is 1. The number of hydrogen-bond donors (Lipinski definition) is 0. The fourth-order valence-electron chi connectivity index (χ4n) is 4.05. The van der Waals surface area contributed by atoms with Crippen molar-refractivity contribution < 1.29 is 36.7 Å². The van der Waals surface area contributed by atoms with Crippen molar-refractivity contribution in [3.05, 3.63) is 40.2 Å². The molecule has 7 nitrogen and oxygen atoms in total. The van der Waals surface area contributed by atoms with Crippen LogP contribution >= 0.6 is 11.6 Å². The molecular weight excluding hydrogens is 568 g/mol. The summed E-state index contributed by atoms with van der Waals surface area (Å²) in [5.41, 5.74) is 1.12. The van der Waals surface area contributed by atoms with E-state index in [0.29, 0.717) is 36.2 Å². The number of nitrogens with zero attached hydrogens (tertiary/aromatic N) is 3. The second kappa shape index (κ2) is 17.9. The minimum absolute atomic E-state index is 0.126. The van der Waals surface area contributed by atoms with E-state index in [1.54, 1.807) is 0 Å². The van der Waals surface area contributed by atoms with Gasteiger partial charge in [-0.05, 0) is 62.6 Å². The molecule has 1 aliphatic heterocycles. The van der Waals surface area contributed by atoms with Crippen molar-refractivity contribution >= 4 is 48.7 Å². The SMILES string of the molecule is COC(=O)C1CN(CCCN(CC[S-])CC(=O)[N-]CC[S-])CCC1c1ccc(Cl)cc1.[O]=[Tc+4]. The summed E-state index contributed by atoms with van der Waals surface area (Å²) >= 11 is 16.9. The molecule has 1 aromatic carbocycles. The Kier molecular flexibility index (Phi) is 16.6. The molecule has 33 heavy (non-hydrogen) atoms. The minimum atomic E-state index is -0.206. The number of carbonyl (C=O) groups excluding carboxylic acids is 2. The van der Waals surface area contributed by atoms with E-state index in [4.69, 9.17) is 45.1 Å². The van der Waals surface area contributed by atoms with Crippen molar-refractivity contribution in [1.82, 2.24) is 9.80 Å². The Balaban J connectivity index is 0.00000265. The van der Waals surface area contributed by atoms with Gasteiger partial charge in [-0.25, -0.2) is 0 Å². The van der Waals surface area contributed by atoms with Gasteiger partial charge in [-0.15, -0.1) is 0 Å². The topological polar surface area (TPSA) is 81.0 Å². The zero-order valence-corrected chi connectivity index (χ0v) is 23.0. The van der Waals surface area contributed by atoms with Gasteiger partial charge in [0.2, 0.25) is 0 Å². The third-order valence-corrected chi connectivity index (χ3v) is 6.21. The Morgan fingerprint density at radius 2 is 1.91 bits per heavy atom. The van der Waals surface area contributed by atoms with Crippen LogP contribution in [0.1, 0.15) is 24.3 Å². The Morgan fingerprint density at radius 3 is 2.52 bits per heavy atom. The van der Waals surface area contributed by atoms with E-state index in [-0.39, 0.29) is 30.3 Å². The van der Waals surface area contributed by atoms with Gasteiger partial charge in [0.1, 0.15) is 0 Å². The van der Waals surface area contributed by atoms with E-state index in [1.807, 2.05) is 24.3 Å². The van der Waals surface area contributed by atoms with E-state index in [2.05, 4.69) is 15.1 Å². The van der Waals surface area contributed by atoms with E-state index in [0.717, 1.165) is 56.9 Å². The first-order chi connectivity index (χ1) is 16.0. The van der Waals surface area contributed by atoms with Gasteiger partial charge < -0.3 is 45.0 Å². The molecule has 1 aromatic rings. The van der Waals surface area contributed by atoms with Crippen LogP contribution in [0.25, 0.3) is 5.32 Å². The van der Waals surface area contributed by atoms with Crippen molar-refractivity contribution in [2.45, 2.75) is 18.8 Å². The summed E-state index contributed by atoms with van der Waals surface area (Å²) in [6, 6.07) is 7.74. The van der Waals surface area contributed by atoms with Gasteiger partial charge in [-0.2, -0.15) is 18.1 Å². The normalized spacial score (nSPS) is 18.4. The van der Waals surface area contributed by atoms with Gasteiger partial charge in [-0.1, -0.05) is 23.7 Å². The zero-order valence-electron chi connectivity index (χ0n) is 18.8. The van der Waals surface area contributed by atoms with Gasteiger partial charge in [0.25, 0.3) is 0 Å². The second-order valence-electron chi connectivity index (χ2n) is 7.69. The average Bonchev–Trinajstić information content (AvgIpc) is 2.84. The molecule has 11 heteroatoms. The third kappa shape index (κ3) is 11.2. The van der Waals surface area contributed by atoms with Crippen LogP contribution in [0.3, 0.4) is 0 Å². The van der Waals surface area contributed by atoms with E-state index in [1.165, 1.54) is 7.11 Å². The van der Waals surface area contributed by atoms with Gasteiger partial charge >= 0.3 is 28.3 Å². The molecule has 1 fully saturated rings. The fraction of sp³-hybridized carbons (Fsp3) is 0.636. The number of halogens is 1. The molecule has 1 heterocycles. The Labute approximate surface area is 223 Å². The van der Waals surface area contributed by atoms with Crippen molar-refractivity contribution in [3.8, 4) is 0 Å². The first-order valence-corrected chi connectivity index (χ1v) is 13.1. The molecule has 1 saturated heterocycles. The summed E-state index contributed by atoms with van der Waals surface area (Å²) in [6.07, 6.45) is 1.78. The first kappa shape index (κ1) is 30.6. The number of carbonyl (C=O) groups is 2. The van der Waals surface area contributed by atoms with Crippen molar-refractivity contribution in [2.24, 2.45) is 5.92 Å². The predicted octanol–water partition coefficient (Wildman–Crippen LogP) is 2.48. The first-order valence-electron chi connectivity index (χ1n) is 10.8. The molecule has 183 valence electrons. The van der Waals surface area contributed by atoms with Crippen LogP contribution < -0.4 is 0 Å². The summed E-state index contributed by atoms with van der Waals surface area (Å²) in [5, 5.41) is 4.64. The van der Waals surface area contributed by atoms with Crippen molar-refractivity contribution in [3.63, 3.8) is 0 Å². The van der Waals surface area contributed by atoms with Crippen LogP contribution in [0, 0.1) is 5.92 Å². The van der Waals surface area contributed by atoms with Crippen LogP contribution in [0.2, 0.25) is 5.02 Å². The van der Waals surface area contributed by atoms with Crippen molar-refractivity contribution in [1.29, 1.82) is 0 Å². The van der Waals surface area contributed by atoms with E-state index in [9.17, 15) is 9.59 Å². The maximum absolute atomic E-state index is 12.5. The van der Waals surface area contributed by atoms with E-state index >= 15 is 0 Å². The molecule has 0 aromatic heterocycles. The quantitative estimate of drug-likeness (QED) is 0.268. The number of amides is 1. The number of rotatable bonds is 12. The summed E-state index contributed by atoms with van der Waals surface area (Å²) in [6.45, 7) is 4.57. The van der Waals surface area contributed by atoms with Gasteiger partial charge in [0.05, 0.1) is 18.9 Å². The molecule has 0 spiro atoms. The van der Waals surface area contributed by atoms with Crippen LogP contribution in [0.5, 0.6) is 0 Å². The molecule has 0 aliphatic carbocycles. The number of ether oxygens (including phenoxy) is 1. The summed E-state index contributed by atoms with van der Waals surface area (Å²) < 4.78 is 13.3.